The molecule has 1 aliphatic heterocycles. The third kappa shape index (κ3) is 1.52. The van der Waals surface area contributed by atoms with Gasteiger partial charge < -0.3 is 0 Å². The molecule has 0 N–H and O–H groups in total. The van der Waals surface area contributed by atoms with Gasteiger partial charge in [0.05, 0.1) is 16.7 Å². The number of alkyl halides is 1. The van der Waals surface area contributed by atoms with Crippen LogP contribution in [0.25, 0.3) is 0 Å². The van der Waals surface area contributed by atoms with E-state index in [9.17, 15) is 8.78 Å². The van der Waals surface area contributed by atoms with Crippen molar-refractivity contribution in [1.29, 1.82) is 0 Å². The zero-order chi connectivity index (χ0) is 10.1. The van der Waals surface area contributed by atoms with Crippen LogP contribution in [0.3, 0.4) is 0 Å². The van der Waals surface area contributed by atoms with Crippen molar-refractivity contribution in [1.82, 2.24) is 0 Å². The van der Waals surface area contributed by atoms with Gasteiger partial charge in [0.1, 0.15) is 11.6 Å². The van der Waals surface area contributed by atoms with Crippen LogP contribution in [0, 0.1) is 11.6 Å². The molecule has 0 saturated heterocycles. The highest BCUT2D eigenvalue weighted by Crippen LogP contribution is 2.22. The second-order valence-corrected chi connectivity index (χ2v) is 3.65. The molecule has 0 radical (unpaired) electrons. The lowest BCUT2D eigenvalue weighted by molar-refractivity contribution is 0.578. The summed E-state index contributed by atoms with van der Waals surface area (Å²) in [6.45, 7) is 0.539. The number of rotatable bonds is 1. The Morgan fingerprint density at radius 1 is 1.29 bits per heavy atom. The molecule has 0 bridgehead atoms. The van der Waals surface area contributed by atoms with Crippen LogP contribution >= 0.6 is 11.6 Å². The molecule has 74 valence electrons. The third-order valence-corrected chi connectivity index (χ3v) is 2.61. The number of aliphatic imine (C=N–C) groups is 1. The SMILES string of the molecule is Fc1cccc(F)c1C1=NCCC1Cl. The molecule has 1 aliphatic rings. The Labute approximate surface area is 85.4 Å². The Balaban J connectivity index is 2.50. The molecule has 0 saturated carbocycles. The van der Waals surface area contributed by atoms with Gasteiger partial charge >= 0.3 is 0 Å². The van der Waals surface area contributed by atoms with Crippen molar-refractivity contribution >= 4 is 17.3 Å². The molecule has 1 unspecified atom stereocenters. The van der Waals surface area contributed by atoms with Gasteiger partial charge in [-0.3, -0.25) is 4.99 Å². The first-order chi connectivity index (χ1) is 6.70. The normalized spacial score (nSPS) is 21.1. The summed E-state index contributed by atoms with van der Waals surface area (Å²) >= 11 is 5.89. The van der Waals surface area contributed by atoms with Gasteiger partial charge in [-0.05, 0) is 18.6 Å². The molecule has 4 heteroatoms. The van der Waals surface area contributed by atoms with Gasteiger partial charge in [0.15, 0.2) is 0 Å². The standard InChI is InChI=1S/C10H8ClF2N/c11-6-4-5-14-10(6)9-7(12)2-1-3-8(9)13/h1-3,6H,4-5H2. The maximum absolute atomic E-state index is 13.3. The van der Waals surface area contributed by atoms with E-state index in [1.165, 1.54) is 18.2 Å². The Bertz CT molecular complexity index is 369. The molecule has 1 aromatic rings. The van der Waals surface area contributed by atoms with Crippen molar-refractivity contribution in [2.24, 2.45) is 4.99 Å². The summed E-state index contributed by atoms with van der Waals surface area (Å²) in [5.74, 6) is -1.20. The second kappa shape index (κ2) is 3.65. The number of halogens is 3. The molecule has 14 heavy (non-hydrogen) atoms. The first kappa shape index (κ1) is 9.59. The third-order valence-electron chi connectivity index (χ3n) is 2.18. The first-order valence-electron chi connectivity index (χ1n) is 4.33. The lowest BCUT2D eigenvalue weighted by Gasteiger charge is -2.07. The van der Waals surface area contributed by atoms with Gasteiger partial charge in [0.2, 0.25) is 0 Å². The summed E-state index contributed by atoms with van der Waals surface area (Å²) in [5.41, 5.74) is 0.257. The highest BCUT2D eigenvalue weighted by Gasteiger charge is 2.25. The maximum Gasteiger partial charge on any atom is 0.135 e. The average molecular weight is 216 g/mol. The van der Waals surface area contributed by atoms with Gasteiger partial charge in [-0.15, -0.1) is 11.6 Å². The lowest BCUT2D eigenvalue weighted by atomic mass is 10.1. The van der Waals surface area contributed by atoms with Crippen LogP contribution < -0.4 is 0 Å². The van der Waals surface area contributed by atoms with E-state index in [-0.39, 0.29) is 10.9 Å². The van der Waals surface area contributed by atoms with Crippen molar-refractivity contribution in [3.8, 4) is 0 Å². The molecule has 0 aliphatic carbocycles. The zero-order valence-electron chi connectivity index (χ0n) is 7.30. The molecular formula is C10H8ClF2N. The molecule has 0 fully saturated rings. The van der Waals surface area contributed by atoms with Crippen LogP contribution in [-0.2, 0) is 0 Å². The molecule has 1 atom stereocenters. The van der Waals surface area contributed by atoms with Gasteiger partial charge in [0.25, 0.3) is 0 Å². The summed E-state index contributed by atoms with van der Waals surface area (Å²) in [6.07, 6.45) is 0.644. The molecule has 1 aromatic carbocycles. The number of hydrogen-bond acceptors (Lipinski definition) is 1. The fraction of sp³-hybridized carbons (Fsp3) is 0.300. The fourth-order valence-corrected chi connectivity index (χ4v) is 1.79. The fourth-order valence-electron chi connectivity index (χ4n) is 1.51. The van der Waals surface area contributed by atoms with E-state index in [1.54, 1.807) is 0 Å². The van der Waals surface area contributed by atoms with Gasteiger partial charge in [0, 0.05) is 6.54 Å². The van der Waals surface area contributed by atoms with E-state index in [0.717, 1.165) is 0 Å². The molecule has 2 rings (SSSR count). The second-order valence-electron chi connectivity index (χ2n) is 3.12. The topological polar surface area (TPSA) is 12.4 Å². The van der Waals surface area contributed by atoms with E-state index < -0.39 is 11.6 Å². The molecular weight excluding hydrogens is 208 g/mol. The van der Waals surface area contributed by atoms with E-state index in [0.29, 0.717) is 18.7 Å². The minimum absolute atomic E-state index is 0.0787. The maximum atomic E-state index is 13.3. The van der Waals surface area contributed by atoms with E-state index in [4.69, 9.17) is 11.6 Å². The molecule has 0 amide bonds. The summed E-state index contributed by atoms with van der Waals surface area (Å²) in [5, 5.41) is -0.374. The number of nitrogens with zero attached hydrogens (tertiary/aromatic N) is 1. The number of hydrogen-bond donors (Lipinski definition) is 0. The Morgan fingerprint density at radius 2 is 1.93 bits per heavy atom. The Morgan fingerprint density at radius 3 is 2.43 bits per heavy atom. The predicted molar refractivity (Wildman–Crippen MR) is 52.0 cm³/mol. The van der Waals surface area contributed by atoms with Crippen LogP contribution in [0.4, 0.5) is 8.78 Å². The van der Waals surface area contributed by atoms with Crippen LogP contribution in [0.5, 0.6) is 0 Å². The Kier molecular flexibility index (Phi) is 2.50. The van der Waals surface area contributed by atoms with Crippen LogP contribution in [-0.4, -0.2) is 17.6 Å². The van der Waals surface area contributed by atoms with Gasteiger partial charge in [-0.1, -0.05) is 6.07 Å². The Hall–Kier alpha value is -0.960. The van der Waals surface area contributed by atoms with E-state index in [1.807, 2.05) is 0 Å². The van der Waals surface area contributed by atoms with Crippen molar-refractivity contribution in [3.63, 3.8) is 0 Å². The largest absolute Gasteiger partial charge is 0.287 e. The minimum atomic E-state index is -0.601. The average Bonchev–Trinajstić information content (AvgIpc) is 2.52. The highest BCUT2D eigenvalue weighted by atomic mass is 35.5. The highest BCUT2D eigenvalue weighted by molar-refractivity contribution is 6.35. The van der Waals surface area contributed by atoms with Gasteiger partial charge in [-0.25, -0.2) is 8.78 Å². The van der Waals surface area contributed by atoms with Crippen molar-refractivity contribution in [2.45, 2.75) is 11.8 Å². The quantitative estimate of drug-likeness (QED) is 0.639. The van der Waals surface area contributed by atoms with E-state index in [2.05, 4.69) is 4.99 Å². The van der Waals surface area contributed by atoms with E-state index >= 15 is 0 Å². The van der Waals surface area contributed by atoms with Crippen molar-refractivity contribution in [3.05, 3.63) is 35.4 Å². The van der Waals surface area contributed by atoms with Crippen LogP contribution in [0.1, 0.15) is 12.0 Å². The minimum Gasteiger partial charge on any atom is -0.287 e. The first-order valence-corrected chi connectivity index (χ1v) is 4.76. The zero-order valence-corrected chi connectivity index (χ0v) is 8.06. The van der Waals surface area contributed by atoms with Crippen LogP contribution in [0.15, 0.2) is 23.2 Å². The molecule has 1 heterocycles. The monoisotopic (exact) mass is 215 g/mol. The predicted octanol–water partition coefficient (Wildman–Crippen LogP) is 2.77. The van der Waals surface area contributed by atoms with Crippen molar-refractivity contribution in [2.75, 3.05) is 6.54 Å². The summed E-state index contributed by atoms with van der Waals surface area (Å²) < 4.78 is 26.6. The lowest BCUT2D eigenvalue weighted by Crippen LogP contribution is -2.14. The van der Waals surface area contributed by atoms with Gasteiger partial charge in [-0.2, -0.15) is 0 Å². The summed E-state index contributed by atoms with van der Waals surface area (Å²) in [7, 11) is 0. The molecule has 1 nitrogen and oxygen atoms in total. The molecule has 0 aromatic heterocycles. The summed E-state index contributed by atoms with van der Waals surface area (Å²) in [6, 6.07) is 3.75. The van der Waals surface area contributed by atoms with Crippen molar-refractivity contribution < 1.29 is 8.78 Å². The molecule has 0 spiro atoms. The number of benzene rings is 1. The summed E-state index contributed by atoms with van der Waals surface area (Å²) in [4.78, 5) is 4.01. The van der Waals surface area contributed by atoms with Crippen LogP contribution in [0.2, 0.25) is 0 Å². The smallest absolute Gasteiger partial charge is 0.135 e.